The highest BCUT2D eigenvalue weighted by Gasteiger charge is 2.16. The molecule has 0 saturated carbocycles. The molecule has 1 aliphatic heterocycles. The molecule has 1 N–H and O–H groups in total. The summed E-state index contributed by atoms with van der Waals surface area (Å²) in [5.74, 6) is 2.49. The predicted molar refractivity (Wildman–Crippen MR) is 103 cm³/mol. The summed E-state index contributed by atoms with van der Waals surface area (Å²) in [5.41, 5.74) is 2.87. The lowest BCUT2D eigenvalue weighted by Gasteiger charge is -2.09. The van der Waals surface area contributed by atoms with E-state index in [0.717, 1.165) is 39.1 Å². The molecule has 0 unspecified atom stereocenters. The standard InChI is InChI=1S/C19H14ClN3O2S/c20-13-4-6-17-22-18(16-2-1-7-26-16)19(23(17)10-13)21-9-12-3-5-14-15(8-12)25-11-24-14/h1-8,10,21H,9,11H2. The number of pyridine rings is 1. The van der Waals surface area contributed by atoms with Crippen LogP contribution in [0.25, 0.3) is 16.2 Å². The minimum atomic E-state index is 0.278. The zero-order chi connectivity index (χ0) is 17.5. The van der Waals surface area contributed by atoms with Crippen molar-refractivity contribution in [2.45, 2.75) is 6.54 Å². The summed E-state index contributed by atoms with van der Waals surface area (Å²) in [4.78, 5) is 5.88. The summed E-state index contributed by atoms with van der Waals surface area (Å²) in [6.07, 6.45) is 1.88. The highest BCUT2D eigenvalue weighted by molar-refractivity contribution is 7.13. The zero-order valence-electron chi connectivity index (χ0n) is 13.6. The number of nitrogens with zero attached hydrogens (tertiary/aromatic N) is 2. The number of fused-ring (bicyclic) bond motifs is 2. The van der Waals surface area contributed by atoms with E-state index in [9.17, 15) is 0 Å². The van der Waals surface area contributed by atoms with E-state index in [2.05, 4.69) is 11.4 Å². The molecule has 3 aromatic heterocycles. The van der Waals surface area contributed by atoms with Gasteiger partial charge in [-0.15, -0.1) is 11.3 Å². The van der Waals surface area contributed by atoms with Gasteiger partial charge < -0.3 is 14.8 Å². The predicted octanol–water partition coefficient (Wildman–Crippen LogP) is 5.06. The van der Waals surface area contributed by atoms with E-state index in [-0.39, 0.29) is 6.79 Å². The van der Waals surface area contributed by atoms with Gasteiger partial charge >= 0.3 is 0 Å². The number of anilines is 1. The summed E-state index contributed by atoms with van der Waals surface area (Å²) in [7, 11) is 0. The van der Waals surface area contributed by atoms with Gasteiger partial charge in [0.25, 0.3) is 0 Å². The summed E-state index contributed by atoms with van der Waals surface area (Å²) in [6.45, 7) is 0.913. The van der Waals surface area contributed by atoms with E-state index >= 15 is 0 Å². The third-order valence-corrected chi connectivity index (χ3v) is 5.33. The number of benzene rings is 1. The number of halogens is 1. The van der Waals surface area contributed by atoms with Crippen LogP contribution in [0.4, 0.5) is 5.82 Å². The van der Waals surface area contributed by atoms with E-state index in [1.165, 1.54) is 0 Å². The van der Waals surface area contributed by atoms with Crippen LogP contribution in [0.3, 0.4) is 0 Å². The Morgan fingerprint density at radius 1 is 1.15 bits per heavy atom. The van der Waals surface area contributed by atoms with Crippen molar-refractivity contribution in [1.82, 2.24) is 9.38 Å². The summed E-state index contributed by atoms with van der Waals surface area (Å²) < 4.78 is 12.8. The van der Waals surface area contributed by atoms with Crippen LogP contribution in [-0.2, 0) is 6.54 Å². The number of ether oxygens (including phenoxy) is 2. The first-order chi connectivity index (χ1) is 12.8. The Kier molecular flexibility index (Phi) is 3.72. The van der Waals surface area contributed by atoms with Crippen LogP contribution in [0.5, 0.6) is 11.5 Å². The van der Waals surface area contributed by atoms with E-state index < -0.39 is 0 Å². The van der Waals surface area contributed by atoms with E-state index in [1.54, 1.807) is 11.3 Å². The molecular weight excluding hydrogens is 370 g/mol. The van der Waals surface area contributed by atoms with E-state index in [4.69, 9.17) is 26.1 Å². The topological polar surface area (TPSA) is 47.8 Å². The van der Waals surface area contributed by atoms with Gasteiger partial charge in [-0.1, -0.05) is 23.7 Å². The van der Waals surface area contributed by atoms with Crippen LogP contribution in [-0.4, -0.2) is 16.2 Å². The molecule has 1 aromatic carbocycles. The Labute approximate surface area is 158 Å². The fourth-order valence-electron chi connectivity index (χ4n) is 3.01. The van der Waals surface area contributed by atoms with Crippen LogP contribution in [0.2, 0.25) is 5.02 Å². The SMILES string of the molecule is Clc1ccc2nc(-c3cccs3)c(NCc3ccc4c(c3)OCO4)n2c1. The monoisotopic (exact) mass is 383 g/mol. The van der Waals surface area contributed by atoms with Crippen molar-refractivity contribution in [3.05, 3.63) is 64.6 Å². The molecule has 26 heavy (non-hydrogen) atoms. The molecular formula is C19H14ClN3O2S. The first-order valence-electron chi connectivity index (χ1n) is 8.12. The number of aromatic nitrogens is 2. The van der Waals surface area contributed by atoms with Crippen molar-refractivity contribution < 1.29 is 9.47 Å². The second-order valence-electron chi connectivity index (χ2n) is 5.90. The molecule has 0 spiro atoms. The third-order valence-electron chi connectivity index (χ3n) is 4.23. The molecule has 130 valence electrons. The minimum Gasteiger partial charge on any atom is -0.454 e. The average Bonchev–Trinajstić information content (AvgIpc) is 3.38. The normalized spacial score (nSPS) is 12.7. The highest BCUT2D eigenvalue weighted by Crippen LogP contribution is 2.35. The molecule has 5 nitrogen and oxygen atoms in total. The van der Waals surface area contributed by atoms with Crippen molar-refractivity contribution >= 4 is 34.4 Å². The smallest absolute Gasteiger partial charge is 0.231 e. The van der Waals surface area contributed by atoms with Gasteiger partial charge in [0.1, 0.15) is 17.2 Å². The van der Waals surface area contributed by atoms with Gasteiger partial charge in [-0.05, 0) is 41.3 Å². The lowest BCUT2D eigenvalue weighted by Crippen LogP contribution is -2.03. The van der Waals surface area contributed by atoms with Crippen LogP contribution < -0.4 is 14.8 Å². The Balaban J connectivity index is 1.53. The Bertz CT molecular complexity index is 1090. The number of rotatable bonds is 4. The Morgan fingerprint density at radius 2 is 2.08 bits per heavy atom. The largest absolute Gasteiger partial charge is 0.454 e. The van der Waals surface area contributed by atoms with Crippen molar-refractivity contribution in [3.8, 4) is 22.1 Å². The third kappa shape index (κ3) is 2.67. The molecule has 7 heteroatoms. The number of hydrogen-bond acceptors (Lipinski definition) is 5. The lowest BCUT2D eigenvalue weighted by atomic mass is 10.2. The molecule has 0 saturated heterocycles. The molecule has 4 aromatic rings. The van der Waals surface area contributed by atoms with Crippen LogP contribution in [0.15, 0.2) is 54.0 Å². The van der Waals surface area contributed by atoms with Crippen molar-refractivity contribution in [1.29, 1.82) is 0 Å². The minimum absolute atomic E-state index is 0.278. The molecule has 0 radical (unpaired) electrons. The maximum absolute atomic E-state index is 6.20. The van der Waals surface area contributed by atoms with Gasteiger partial charge in [-0.3, -0.25) is 4.40 Å². The van der Waals surface area contributed by atoms with Crippen LogP contribution in [0.1, 0.15) is 5.56 Å². The van der Waals surface area contributed by atoms with Crippen molar-refractivity contribution in [2.24, 2.45) is 0 Å². The van der Waals surface area contributed by atoms with Gasteiger partial charge in [-0.2, -0.15) is 0 Å². The second kappa shape index (κ2) is 6.23. The van der Waals surface area contributed by atoms with Crippen LogP contribution in [0, 0.1) is 0 Å². The van der Waals surface area contributed by atoms with E-state index in [1.807, 2.05) is 52.4 Å². The zero-order valence-corrected chi connectivity index (χ0v) is 15.2. The first-order valence-corrected chi connectivity index (χ1v) is 9.37. The summed E-state index contributed by atoms with van der Waals surface area (Å²) in [5, 5.41) is 6.23. The summed E-state index contributed by atoms with van der Waals surface area (Å²) >= 11 is 7.86. The fraction of sp³-hybridized carbons (Fsp3) is 0.105. The maximum atomic E-state index is 6.20. The highest BCUT2D eigenvalue weighted by atomic mass is 35.5. The van der Waals surface area contributed by atoms with Gasteiger partial charge in [0, 0.05) is 12.7 Å². The Hall–Kier alpha value is -2.70. The summed E-state index contributed by atoms with van der Waals surface area (Å²) in [6, 6.07) is 13.8. The lowest BCUT2D eigenvalue weighted by molar-refractivity contribution is 0.174. The molecule has 0 amide bonds. The van der Waals surface area contributed by atoms with Crippen molar-refractivity contribution in [3.63, 3.8) is 0 Å². The molecule has 1 aliphatic rings. The molecule has 0 bridgehead atoms. The second-order valence-corrected chi connectivity index (χ2v) is 7.29. The molecule has 4 heterocycles. The van der Waals surface area contributed by atoms with Crippen LogP contribution >= 0.6 is 22.9 Å². The first kappa shape index (κ1) is 15.5. The van der Waals surface area contributed by atoms with Gasteiger partial charge in [0.05, 0.1) is 9.90 Å². The number of imidazole rings is 1. The van der Waals surface area contributed by atoms with Crippen molar-refractivity contribution in [2.75, 3.05) is 12.1 Å². The maximum Gasteiger partial charge on any atom is 0.231 e. The molecule has 5 rings (SSSR count). The van der Waals surface area contributed by atoms with Gasteiger partial charge in [0.15, 0.2) is 11.5 Å². The number of hydrogen-bond donors (Lipinski definition) is 1. The van der Waals surface area contributed by atoms with E-state index in [0.29, 0.717) is 11.6 Å². The Morgan fingerprint density at radius 3 is 2.96 bits per heavy atom. The average molecular weight is 384 g/mol. The molecule has 0 atom stereocenters. The van der Waals surface area contributed by atoms with Gasteiger partial charge in [-0.25, -0.2) is 4.98 Å². The fourth-order valence-corrected chi connectivity index (χ4v) is 3.88. The number of thiophene rings is 1. The number of nitrogens with one attached hydrogen (secondary N) is 1. The molecule has 0 fully saturated rings. The quantitative estimate of drug-likeness (QED) is 0.535. The molecule has 0 aliphatic carbocycles. The van der Waals surface area contributed by atoms with Gasteiger partial charge in [0.2, 0.25) is 6.79 Å².